The van der Waals surface area contributed by atoms with Crippen LogP contribution in [-0.4, -0.2) is 30.9 Å². The van der Waals surface area contributed by atoms with Gasteiger partial charge < -0.3 is 15.4 Å². The lowest BCUT2D eigenvalue weighted by Crippen LogP contribution is -2.43. The standard InChI is InChI=1S/C22H25FN2O4/c1-15(17-6-4-3-5-7-17)24-20(26)12-13-21(27)25-19(22(28)29-2)14-16-8-10-18(23)11-9-16/h3-11,15,19H,12-14H2,1-2H3,(H,24,26)(H,25,27)/t15-,19-/m1/s1. The molecule has 0 radical (unpaired) electrons. The third-order valence-electron chi connectivity index (χ3n) is 4.43. The van der Waals surface area contributed by atoms with Crippen LogP contribution in [0.25, 0.3) is 0 Å². The van der Waals surface area contributed by atoms with Crippen molar-refractivity contribution >= 4 is 17.8 Å². The summed E-state index contributed by atoms with van der Waals surface area (Å²) in [5, 5.41) is 5.42. The van der Waals surface area contributed by atoms with E-state index in [1.165, 1.54) is 31.4 Å². The Hall–Kier alpha value is -3.22. The molecule has 0 saturated carbocycles. The molecule has 2 aromatic carbocycles. The average molecular weight is 400 g/mol. The zero-order valence-electron chi connectivity index (χ0n) is 16.5. The number of nitrogens with one attached hydrogen (secondary N) is 2. The first kappa shape index (κ1) is 22.1. The van der Waals surface area contributed by atoms with Gasteiger partial charge in [0.15, 0.2) is 0 Å². The lowest BCUT2D eigenvalue weighted by molar-refractivity contribution is -0.145. The Balaban J connectivity index is 1.85. The van der Waals surface area contributed by atoms with Gasteiger partial charge in [-0.1, -0.05) is 42.5 Å². The van der Waals surface area contributed by atoms with E-state index >= 15 is 0 Å². The first-order valence-corrected chi connectivity index (χ1v) is 9.35. The topological polar surface area (TPSA) is 84.5 Å². The van der Waals surface area contributed by atoms with Crippen molar-refractivity contribution in [1.82, 2.24) is 10.6 Å². The van der Waals surface area contributed by atoms with Gasteiger partial charge in [-0.3, -0.25) is 9.59 Å². The quantitative estimate of drug-likeness (QED) is 0.634. The molecule has 0 unspecified atom stereocenters. The summed E-state index contributed by atoms with van der Waals surface area (Å²) in [6, 6.07) is 14.0. The van der Waals surface area contributed by atoms with Crippen LogP contribution in [-0.2, 0) is 25.5 Å². The Labute approximate surface area is 169 Å². The first-order chi connectivity index (χ1) is 13.9. The van der Waals surface area contributed by atoms with Crippen LogP contribution in [0.15, 0.2) is 54.6 Å². The second-order valence-electron chi connectivity index (χ2n) is 6.67. The van der Waals surface area contributed by atoms with E-state index < -0.39 is 17.9 Å². The summed E-state index contributed by atoms with van der Waals surface area (Å²) >= 11 is 0. The van der Waals surface area contributed by atoms with Crippen LogP contribution in [0.5, 0.6) is 0 Å². The van der Waals surface area contributed by atoms with Gasteiger partial charge in [0, 0.05) is 19.3 Å². The molecule has 0 aliphatic rings. The molecule has 0 heterocycles. The highest BCUT2D eigenvalue weighted by atomic mass is 19.1. The van der Waals surface area contributed by atoms with Crippen LogP contribution in [0.1, 0.15) is 36.9 Å². The minimum atomic E-state index is -0.913. The SMILES string of the molecule is COC(=O)[C@@H](Cc1ccc(F)cc1)NC(=O)CCC(=O)N[C@H](C)c1ccccc1. The predicted octanol–water partition coefficient (Wildman–Crippen LogP) is 2.68. The van der Waals surface area contributed by atoms with Gasteiger partial charge in [-0.25, -0.2) is 9.18 Å². The number of esters is 1. The van der Waals surface area contributed by atoms with Crippen molar-refractivity contribution in [3.05, 3.63) is 71.5 Å². The molecule has 0 bridgehead atoms. The van der Waals surface area contributed by atoms with Gasteiger partial charge in [0.05, 0.1) is 13.2 Å². The number of benzene rings is 2. The molecule has 0 aliphatic carbocycles. The van der Waals surface area contributed by atoms with Crippen LogP contribution in [0.2, 0.25) is 0 Å². The molecule has 0 fully saturated rings. The number of methoxy groups -OCH3 is 1. The number of ether oxygens (including phenoxy) is 1. The normalized spacial score (nSPS) is 12.5. The smallest absolute Gasteiger partial charge is 0.328 e. The summed E-state index contributed by atoms with van der Waals surface area (Å²) in [6.45, 7) is 1.86. The highest BCUT2D eigenvalue weighted by molar-refractivity contribution is 5.87. The molecule has 2 rings (SSSR count). The Morgan fingerprint density at radius 2 is 1.52 bits per heavy atom. The molecule has 6 nitrogen and oxygen atoms in total. The molecule has 0 saturated heterocycles. The van der Waals surface area contributed by atoms with E-state index in [0.29, 0.717) is 5.56 Å². The van der Waals surface area contributed by atoms with Crippen molar-refractivity contribution < 1.29 is 23.5 Å². The van der Waals surface area contributed by atoms with Crippen LogP contribution >= 0.6 is 0 Å². The van der Waals surface area contributed by atoms with E-state index in [4.69, 9.17) is 4.74 Å². The van der Waals surface area contributed by atoms with Gasteiger partial charge in [-0.15, -0.1) is 0 Å². The van der Waals surface area contributed by atoms with Crippen molar-refractivity contribution in [2.45, 2.75) is 38.3 Å². The fourth-order valence-corrected chi connectivity index (χ4v) is 2.82. The number of halogens is 1. The molecular weight excluding hydrogens is 375 g/mol. The third kappa shape index (κ3) is 7.37. The predicted molar refractivity (Wildman–Crippen MR) is 106 cm³/mol. The zero-order chi connectivity index (χ0) is 21.2. The number of amides is 2. The lowest BCUT2D eigenvalue weighted by atomic mass is 10.1. The van der Waals surface area contributed by atoms with Crippen LogP contribution in [0.3, 0.4) is 0 Å². The molecule has 2 atom stereocenters. The van der Waals surface area contributed by atoms with Gasteiger partial charge >= 0.3 is 5.97 Å². The monoisotopic (exact) mass is 400 g/mol. The fraction of sp³-hybridized carbons (Fsp3) is 0.318. The van der Waals surface area contributed by atoms with Crippen molar-refractivity contribution in [1.29, 1.82) is 0 Å². The molecule has 2 amide bonds. The molecule has 154 valence electrons. The number of carbonyl (C=O) groups excluding carboxylic acids is 3. The number of hydrogen-bond donors (Lipinski definition) is 2. The molecule has 0 spiro atoms. The van der Waals surface area contributed by atoms with E-state index in [0.717, 1.165) is 5.56 Å². The Bertz CT molecular complexity index is 824. The summed E-state index contributed by atoms with van der Waals surface area (Å²) in [5.74, 6) is -1.69. The van der Waals surface area contributed by atoms with Crippen molar-refractivity contribution in [2.75, 3.05) is 7.11 Å². The van der Waals surface area contributed by atoms with Gasteiger partial charge in [-0.2, -0.15) is 0 Å². The second kappa shape index (κ2) is 10.9. The summed E-state index contributed by atoms with van der Waals surface area (Å²) in [4.78, 5) is 36.3. The molecule has 7 heteroatoms. The molecule has 0 aromatic heterocycles. The first-order valence-electron chi connectivity index (χ1n) is 9.35. The van der Waals surface area contributed by atoms with Gasteiger partial charge in [0.1, 0.15) is 11.9 Å². The third-order valence-corrected chi connectivity index (χ3v) is 4.43. The maximum Gasteiger partial charge on any atom is 0.328 e. The average Bonchev–Trinajstić information content (AvgIpc) is 2.73. The number of rotatable bonds is 9. The second-order valence-corrected chi connectivity index (χ2v) is 6.67. The van der Waals surface area contributed by atoms with Crippen molar-refractivity contribution in [3.63, 3.8) is 0 Å². The lowest BCUT2D eigenvalue weighted by Gasteiger charge is -2.17. The minimum Gasteiger partial charge on any atom is -0.467 e. The highest BCUT2D eigenvalue weighted by Crippen LogP contribution is 2.11. The molecule has 2 aromatic rings. The van der Waals surface area contributed by atoms with Crippen LogP contribution in [0, 0.1) is 5.82 Å². The van der Waals surface area contributed by atoms with Gasteiger partial charge in [0.2, 0.25) is 11.8 Å². The van der Waals surface area contributed by atoms with Crippen molar-refractivity contribution in [2.24, 2.45) is 0 Å². The number of hydrogen-bond acceptors (Lipinski definition) is 4. The van der Waals surface area contributed by atoms with E-state index in [1.807, 2.05) is 37.3 Å². The van der Waals surface area contributed by atoms with Gasteiger partial charge in [0.25, 0.3) is 0 Å². The number of carbonyl (C=O) groups is 3. The minimum absolute atomic E-state index is 0.00650. The summed E-state index contributed by atoms with van der Waals surface area (Å²) in [5.41, 5.74) is 1.65. The summed E-state index contributed by atoms with van der Waals surface area (Å²) in [7, 11) is 1.23. The maximum atomic E-state index is 13.0. The van der Waals surface area contributed by atoms with Crippen LogP contribution < -0.4 is 10.6 Å². The highest BCUT2D eigenvalue weighted by Gasteiger charge is 2.22. The molecule has 2 N–H and O–H groups in total. The largest absolute Gasteiger partial charge is 0.467 e. The van der Waals surface area contributed by atoms with Crippen LogP contribution in [0.4, 0.5) is 4.39 Å². The van der Waals surface area contributed by atoms with E-state index in [9.17, 15) is 18.8 Å². The Morgan fingerprint density at radius 3 is 2.10 bits per heavy atom. The summed E-state index contributed by atoms with van der Waals surface area (Å²) < 4.78 is 17.8. The van der Waals surface area contributed by atoms with E-state index in [1.54, 1.807) is 0 Å². The zero-order valence-corrected chi connectivity index (χ0v) is 16.5. The molecule has 29 heavy (non-hydrogen) atoms. The maximum absolute atomic E-state index is 13.0. The van der Waals surface area contributed by atoms with Gasteiger partial charge in [-0.05, 0) is 30.2 Å². The fourth-order valence-electron chi connectivity index (χ4n) is 2.82. The van der Waals surface area contributed by atoms with Crippen molar-refractivity contribution in [3.8, 4) is 0 Å². The Kier molecular flexibility index (Phi) is 8.33. The molecular formula is C22H25FN2O4. The molecule has 0 aliphatic heterocycles. The Morgan fingerprint density at radius 1 is 0.931 bits per heavy atom. The van der Waals surface area contributed by atoms with E-state index in [2.05, 4.69) is 10.6 Å². The van der Waals surface area contributed by atoms with E-state index in [-0.39, 0.29) is 37.0 Å². The summed E-state index contributed by atoms with van der Waals surface area (Å²) in [6.07, 6.45) is 0.0909.